The molecule has 10 heteroatoms. The summed E-state index contributed by atoms with van der Waals surface area (Å²) in [6, 6.07) is 0. The fourth-order valence-corrected chi connectivity index (χ4v) is 2.65. The Labute approximate surface area is 183 Å². The molecule has 0 amide bonds. The average molecular weight is 456 g/mol. The highest BCUT2D eigenvalue weighted by molar-refractivity contribution is 7.80. The lowest BCUT2D eigenvalue weighted by Crippen LogP contribution is -2.20. The van der Waals surface area contributed by atoms with Crippen LogP contribution in [-0.4, -0.2) is 37.1 Å². The van der Waals surface area contributed by atoms with Gasteiger partial charge in [-0.25, -0.2) is 0 Å². The topological polar surface area (TPSA) is 177 Å². The van der Waals surface area contributed by atoms with Crippen LogP contribution in [0.15, 0.2) is 0 Å². The van der Waals surface area contributed by atoms with Crippen LogP contribution in [0.5, 0.6) is 0 Å². The van der Waals surface area contributed by atoms with Gasteiger partial charge >= 0.3 is 16.4 Å². The van der Waals surface area contributed by atoms with E-state index in [2.05, 4.69) is 22.6 Å². The van der Waals surface area contributed by atoms with Crippen molar-refractivity contribution in [2.75, 3.05) is 7.11 Å². The molecule has 0 saturated heterocycles. The Morgan fingerprint density at radius 1 is 0.800 bits per heavy atom. The highest BCUT2D eigenvalue weighted by Gasteiger charge is 1.97. The quantitative estimate of drug-likeness (QED) is 0.0913. The number of carboxylic acid groups (broad SMARTS) is 1. The predicted molar refractivity (Wildman–Crippen MR) is 122 cm³/mol. The molecule has 0 heterocycles. The van der Waals surface area contributed by atoms with Gasteiger partial charge in [0.15, 0.2) is 5.96 Å². The van der Waals surface area contributed by atoms with Crippen molar-refractivity contribution in [1.29, 1.82) is 5.41 Å². The number of carbonyl (C=O) groups is 1. The van der Waals surface area contributed by atoms with Gasteiger partial charge in [0.2, 0.25) is 0 Å². The molecule has 0 fully saturated rings. The van der Waals surface area contributed by atoms with Gasteiger partial charge in [0.05, 0.1) is 7.11 Å². The zero-order valence-electron chi connectivity index (χ0n) is 18.9. The number of guanidine groups is 1. The van der Waals surface area contributed by atoms with E-state index in [0.717, 1.165) is 20.0 Å². The molecule has 0 aliphatic rings. The molecule has 7 N–H and O–H groups in total. The number of unbranched alkanes of at least 4 members (excludes halogenated alkanes) is 14. The van der Waals surface area contributed by atoms with Gasteiger partial charge in [-0.05, 0) is 6.42 Å². The predicted octanol–water partition coefficient (Wildman–Crippen LogP) is 4.61. The number of carboxylic acids is 1. The number of aliphatic carboxylic acids is 1. The van der Waals surface area contributed by atoms with Crippen molar-refractivity contribution in [1.82, 2.24) is 0 Å². The lowest BCUT2D eigenvalue weighted by Gasteiger charge is -2.03. The minimum absolute atomic E-state index is 0.333. The summed E-state index contributed by atoms with van der Waals surface area (Å²) in [7, 11) is -3.29. The van der Waals surface area contributed by atoms with E-state index >= 15 is 0 Å². The standard InChI is InChI=1S/C18H36O2.CH5N3.CH4O4S/c1-2-3-4-5-6-7-8-9-10-11-12-13-14-15-16-17-18(19)20;2-1(3)4;1-5-6(2,3)4/h2-17H2,1H3,(H,19,20);(H5,2,3,4);1H3,(H,2,3,4). The lowest BCUT2D eigenvalue weighted by molar-refractivity contribution is -0.137. The van der Waals surface area contributed by atoms with Gasteiger partial charge in [0, 0.05) is 6.42 Å². The van der Waals surface area contributed by atoms with Crippen molar-refractivity contribution in [3.05, 3.63) is 0 Å². The molecule has 0 spiro atoms. The van der Waals surface area contributed by atoms with Crippen molar-refractivity contribution in [3.63, 3.8) is 0 Å². The number of hydrogen-bond donors (Lipinski definition) is 5. The van der Waals surface area contributed by atoms with Gasteiger partial charge in [-0.1, -0.05) is 96.8 Å². The smallest absolute Gasteiger partial charge is 0.397 e. The Kier molecular flexibility index (Phi) is 28.4. The number of nitrogens with two attached hydrogens (primary N) is 2. The molecule has 0 radical (unpaired) electrons. The van der Waals surface area contributed by atoms with E-state index in [1.807, 2.05) is 0 Å². The SMILES string of the molecule is CCCCCCCCCCCCCCCCCC(=O)O.COS(=O)(=O)O.N=C(N)N. The molecule has 0 saturated carbocycles. The summed E-state index contributed by atoms with van der Waals surface area (Å²) < 4.78 is 29.7. The Balaban J connectivity index is -0.000000600. The van der Waals surface area contributed by atoms with Crippen molar-refractivity contribution < 1.29 is 27.1 Å². The summed E-state index contributed by atoms with van der Waals surface area (Å²) in [5.74, 6) is -0.986. The van der Waals surface area contributed by atoms with E-state index < -0.39 is 16.4 Å². The first-order chi connectivity index (χ1) is 14.1. The molecule has 182 valence electrons. The molecule has 0 aromatic rings. The monoisotopic (exact) mass is 455 g/mol. The molecule has 0 rings (SSSR count). The first-order valence-electron chi connectivity index (χ1n) is 10.9. The minimum atomic E-state index is -4.16. The normalized spacial score (nSPS) is 10.4. The van der Waals surface area contributed by atoms with Crippen LogP contribution in [0.4, 0.5) is 0 Å². The summed E-state index contributed by atoms with van der Waals surface area (Å²) in [5.41, 5.74) is 8.94. The third-order valence-corrected chi connectivity index (χ3v) is 4.63. The first kappa shape index (κ1) is 33.3. The van der Waals surface area contributed by atoms with Crippen molar-refractivity contribution >= 4 is 22.3 Å². The van der Waals surface area contributed by atoms with Crippen LogP contribution in [0.25, 0.3) is 0 Å². The molecule has 0 bridgehead atoms. The molecule has 0 aliphatic heterocycles. The maximum Gasteiger partial charge on any atom is 0.397 e. The Morgan fingerprint density at radius 2 is 1.03 bits per heavy atom. The van der Waals surface area contributed by atoms with Crippen LogP contribution in [0.1, 0.15) is 110 Å². The van der Waals surface area contributed by atoms with Crippen LogP contribution < -0.4 is 11.5 Å². The fourth-order valence-electron chi connectivity index (χ4n) is 2.65. The first-order valence-corrected chi connectivity index (χ1v) is 12.3. The molecule has 0 aromatic carbocycles. The molecule has 0 aliphatic carbocycles. The maximum atomic E-state index is 10.3. The van der Waals surface area contributed by atoms with Crippen molar-refractivity contribution in [3.8, 4) is 0 Å². The highest BCUT2D eigenvalue weighted by Crippen LogP contribution is 2.13. The van der Waals surface area contributed by atoms with Crippen LogP contribution in [0, 0.1) is 5.41 Å². The molecule has 9 nitrogen and oxygen atoms in total. The minimum Gasteiger partial charge on any atom is -0.481 e. The molecule has 0 unspecified atom stereocenters. The van der Waals surface area contributed by atoms with Crippen LogP contribution in [0.3, 0.4) is 0 Å². The van der Waals surface area contributed by atoms with Crippen molar-refractivity contribution in [2.45, 2.75) is 110 Å². The number of hydrogen-bond acceptors (Lipinski definition) is 5. The second-order valence-corrected chi connectivity index (χ2v) is 8.33. The number of rotatable bonds is 17. The van der Waals surface area contributed by atoms with Gasteiger partial charge in [-0.15, -0.1) is 0 Å². The van der Waals surface area contributed by atoms with E-state index in [-0.39, 0.29) is 5.96 Å². The highest BCUT2D eigenvalue weighted by atomic mass is 32.3. The van der Waals surface area contributed by atoms with E-state index in [0.29, 0.717) is 6.42 Å². The molecule has 0 atom stereocenters. The number of nitrogens with one attached hydrogen (secondary N) is 1. The summed E-state index contributed by atoms with van der Waals surface area (Å²) in [6.07, 6.45) is 20.2. The largest absolute Gasteiger partial charge is 0.481 e. The second-order valence-electron chi connectivity index (χ2n) is 7.14. The Morgan fingerprint density at radius 3 is 1.23 bits per heavy atom. The van der Waals surface area contributed by atoms with Gasteiger partial charge in [0.1, 0.15) is 0 Å². The van der Waals surface area contributed by atoms with Gasteiger partial charge in [0.25, 0.3) is 0 Å². The fraction of sp³-hybridized carbons (Fsp3) is 0.900. The van der Waals surface area contributed by atoms with Crippen LogP contribution in [-0.2, 0) is 19.4 Å². The summed E-state index contributed by atoms with van der Waals surface area (Å²) in [5, 5.41) is 14.6. The van der Waals surface area contributed by atoms with E-state index in [4.69, 9.17) is 15.1 Å². The zero-order chi connectivity index (χ0) is 23.7. The zero-order valence-corrected chi connectivity index (χ0v) is 19.7. The Bertz CT molecular complexity index is 483. The van der Waals surface area contributed by atoms with E-state index in [1.54, 1.807) is 0 Å². The third kappa shape index (κ3) is 50.4. The van der Waals surface area contributed by atoms with Gasteiger partial charge in [-0.3, -0.25) is 18.9 Å². The van der Waals surface area contributed by atoms with Crippen LogP contribution >= 0.6 is 0 Å². The third-order valence-electron chi connectivity index (χ3n) is 4.20. The maximum absolute atomic E-state index is 10.3. The van der Waals surface area contributed by atoms with Gasteiger partial charge < -0.3 is 16.6 Å². The van der Waals surface area contributed by atoms with E-state index in [1.165, 1.54) is 83.5 Å². The van der Waals surface area contributed by atoms with Crippen LogP contribution in [0.2, 0.25) is 0 Å². The van der Waals surface area contributed by atoms with Gasteiger partial charge in [-0.2, -0.15) is 8.42 Å². The molecular formula is C20H45N3O6S. The van der Waals surface area contributed by atoms with E-state index in [9.17, 15) is 13.2 Å². The Hall–Kier alpha value is -1.39. The average Bonchev–Trinajstić information content (AvgIpc) is 2.64. The summed E-state index contributed by atoms with van der Waals surface area (Å²) >= 11 is 0. The van der Waals surface area contributed by atoms with Crippen molar-refractivity contribution in [2.24, 2.45) is 11.5 Å². The molecule has 0 aromatic heterocycles. The molecule has 30 heavy (non-hydrogen) atoms. The summed E-state index contributed by atoms with van der Waals surface area (Å²) in [4.78, 5) is 10.3. The summed E-state index contributed by atoms with van der Waals surface area (Å²) in [6.45, 7) is 2.27. The lowest BCUT2D eigenvalue weighted by atomic mass is 10.0. The molecular weight excluding hydrogens is 410 g/mol. The second kappa shape index (κ2) is 25.6.